The van der Waals surface area contributed by atoms with Gasteiger partial charge in [-0.3, -0.25) is 4.90 Å². The second-order valence-electron chi connectivity index (χ2n) is 5.82. The molecule has 1 fully saturated rings. The van der Waals surface area contributed by atoms with Crippen molar-refractivity contribution in [3.05, 3.63) is 47.6 Å². The molecule has 0 spiro atoms. The third-order valence-corrected chi connectivity index (χ3v) is 4.07. The Balaban J connectivity index is 1.72. The fourth-order valence-electron chi connectivity index (χ4n) is 2.94. The Kier molecular flexibility index (Phi) is 4.03. The molecule has 2 heterocycles. The quantitative estimate of drug-likeness (QED) is 0.932. The third-order valence-electron chi connectivity index (χ3n) is 4.07. The van der Waals surface area contributed by atoms with Crippen molar-refractivity contribution in [3.63, 3.8) is 0 Å². The molecule has 5 nitrogen and oxygen atoms in total. The van der Waals surface area contributed by atoms with Crippen LogP contribution in [-0.2, 0) is 18.5 Å². The summed E-state index contributed by atoms with van der Waals surface area (Å²) in [5.74, 6) is 1.31. The Bertz CT molecular complexity index is 583. The molecule has 0 radical (unpaired) electrons. The molecular formula is C16H22N4O. The SMILES string of the molecule is CCc1nc(C2(N)CCCN(Cc3ccccc3)C2)no1. The van der Waals surface area contributed by atoms with Crippen LogP contribution in [0.3, 0.4) is 0 Å². The van der Waals surface area contributed by atoms with Gasteiger partial charge in [0.1, 0.15) is 0 Å². The highest BCUT2D eigenvalue weighted by Gasteiger charge is 2.37. The number of nitrogens with zero attached hydrogens (tertiary/aromatic N) is 3. The van der Waals surface area contributed by atoms with Crippen molar-refractivity contribution in [2.45, 2.75) is 38.3 Å². The Morgan fingerprint density at radius 3 is 2.86 bits per heavy atom. The van der Waals surface area contributed by atoms with Crippen LogP contribution in [0.5, 0.6) is 0 Å². The van der Waals surface area contributed by atoms with E-state index in [0.29, 0.717) is 11.7 Å². The number of likely N-dealkylation sites (tertiary alicyclic amines) is 1. The van der Waals surface area contributed by atoms with E-state index in [-0.39, 0.29) is 0 Å². The molecule has 1 aromatic heterocycles. The van der Waals surface area contributed by atoms with E-state index < -0.39 is 5.54 Å². The summed E-state index contributed by atoms with van der Waals surface area (Å²) in [4.78, 5) is 6.81. The maximum Gasteiger partial charge on any atom is 0.226 e. The summed E-state index contributed by atoms with van der Waals surface area (Å²) in [6.45, 7) is 4.75. The molecular weight excluding hydrogens is 264 g/mol. The maximum absolute atomic E-state index is 6.57. The maximum atomic E-state index is 6.57. The largest absolute Gasteiger partial charge is 0.339 e. The number of aromatic nitrogens is 2. The zero-order valence-electron chi connectivity index (χ0n) is 12.5. The van der Waals surface area contributed by atoms with Gasteiger partial charge in [-0.25, -0.2) is 0 Å². The molecule has 5 heteroatoms. The first-order valence-corrected chi connectivity index (χ1v) is 7.58. The molecule has 1 unspecified atom stereocenters. The lowest BCUT2D eigenvalue weighted by Crippen LogP contribution is -2.52. The molecule has 0 bridgehead atoms. The number of rotatable bonds is 4. The van der Waals surface area contributed by atoms with Gasteiger partial charge < -0.3 is 10.3 Å². The molecule has 112 valence electrons. The smallest absolute Gasteiger partial charge is 0.226 e. The molecule has 2 N–H and O–H groups in total. The minimum absolute atomic E-state index is 0.496. The Morgan fingerprint density at radius 1 is 1.33 bits per heavy atom. The van der Waals surface area contributed by atoms with Crippen LogP contribution in [0.2, 0.25) is 0 Å². The number of aryl methyl sites for hydroxylation is 1. The second-order valence-corrected chi connectivity index (χ2v) is 5.82. The van der Waals surface area contributed by atoms with Gasteiger partial charge in [-0.15, -0.1) is 0 Å². The van der Waals surface area contributed by atoms with Crippen LogP contribution >= 0.6 is 0 Å². The molecule has 0 saturated carbocycles. The predicted octanol–water partition coefficient (Wildman–Crippen LogP) is 2.08. The minimum atomic E-state index is -0.496. The van der Waals surface area contributed by atoms with E-state index in [1.54, 1.807) is 0 Å². The van der Waals surface area contributed by atoms with E-state index in [1.165, 1.54) is 5.56 Å². The highest BCUT2D eigenvalue weighted by molar-refractivity contribution is 5.15. The molecule has 21 heavy (non-hydrogen) atoms. The van der Waals surface area contributed by atoms with Crippen molar-refractivity contribution in [2.75, 3.05) is 13.1 Å². The van der Waals surface area contributed by atoms with Crippen LogP contribution in [0.1, 0.15) is 37.0 Å². The fourth-order valence-corrected chi connectivity index (χ4v) is 2.94. The van der Waals surface area contributed by atoms with Crippen LogP contribution in [0.25, 0.3) is 0 Å². The van der Waals surface area contributed by atoms with Crippen molar-refractivity contribution >= 4 is 0 Å². The van der Waals surface area contributed by atoms with Crippen LogP contribution in [0.4, 0.5) is 0 Å². The number of hydrogen-bond donors (Lipinski definition) is 1. The molecule has 0 amide bonds. The van der Waals surface area contributed by atoms with Crippen molar-refractivity contribution < 1.29 is 4.52 Å². The summed E-state index contributed by atoms with van der Waals surface area (Å²) in [7, 11) is 0. The highest BCUT2D eigenvalue weighted by atomic mass is 16.5. The molecule has 1 aromatic carbocycles. The van der Waals surface area contributed by atoms with E-state index in [4.69, 9.17) is 10.3 Å². The van der Waals surface area contributed by atoms with E-state index in [0.717, 1.165) is 38.9 Å². The van der Waals surface area contributed by atoms with Gasteiger partial charge in [0.05, 0.1) is 5.54 Å². The zero-order chi connectivity index (χ0) is 14.7. The summed E-state index contributed by atoms with van der Waals surface area (Å²) in [5, 5.41) is 4.09. The molecule has 1 aliphatic rings. The standard InChI is InChI=1S/C16H22N4O/c1-2-14-18-15(19-21-14)16(17)9-6-10-20(12-16)11-13-7-4-3-5-8-13/h3-5,7-8H,2,6,9-12,17H2,1H3. The molecule has 1 aliphatic heterocycles. The second kappa shape index (κ2) is 5.95. The van der Waals surface area contributed by atoms with E-state index >= 15 is 0 Å². The zero-order valence-corrected chi connectivity index (χ0v) is 12.5. The minimum Gasteiger partial charge on any atom is -0.339 e. The molecule has 1 saturated heterocycles. The Hall–Kier alpha value is -1.72. The van der Waals surface area contributed by atoms with E-state index in [2.05, 4.69) is 39.3 Å². The average Bonchev–Trinajstić information content (AvgIpc) is 2.98. The van der Waals surface area contributed by atoms with Crippen molar-refractivity contribution in [1.29, 1.82) is 0 Å². The van der Waals surface area contributed by atoms with Gasteiger partial charge in [-0.2, -0.15) is 4.98 Å². The van der Waals surface area contributed by atoms with Crippen LogP contribution in [0.15, 0.2) is 34.9 Å². The van der Waals surface area contributed by atoms with Gasteiger partial charge in [0.2, 0.25) is 5.89 Å². The fraction of sp³-hybridized carbons (Fsp3) is 0.500. The first-order valence-electron chi connectivity index (χ1n) is 7.58. The number of benzene rings is 1. The number of hydrogen-bond acceptors (Lipinski definition) is 5. The summed E-state index contributed by atoms with van der Waals surface area (Å²) < 4.78 is 5.23. The predicted molar refractivity (Wildman–Crippen MR) is 80.5 cm³/mol. The average molecular weight is 286 g/mol. The van der Waals surface area contributed by atoms with Gasteiger partial charge >= 0.3 is 0 Å². The third kappa shape index (κ3) is 3.14. The highest BCUT2D eigenvalue weighted by Crippen LogP contribution is 2.28. The van der Waals surface area contributed by atoms with Crippen LogP contribution < -0.4 is 5.73 Å². The van der Waals surface area contributed by atoms with Gasteiger partial charge in [-0.1, -0.05) is 42.4 Å². The van der Waals surface area contributed by atoms with Crippen LogP contribution in [0, 0.1) is 0 Å². The lowest BCUT2D eigenvalue weighted by atomic mass is 9.89. The Labute approximate surface area is 125 Å². The molecule has 2 aromatic rings. The van der Waals surface area contributed by atoms with Crippen molar-refractivity contribution in [3.8, 4) is 0 Å². The molecule has 3 rings (SSSR count). The normalized spacial score (nSPS) is 23.3. The molecule has 0 aliphatic carbocycles. The van der Waals surface area contributed by atoms with Gasteiger partial charge in [0, 0.05) is 19.5 Å². The van der Waals surface area contributed by atoms with Gasteiger partial charge in [-0.05, 0) is 24.9 Å². The first-order chi connectivity index (χ1) is 10.2. The van der Waals surface area contributed by atoms with Crippen LogP contribution in [-0.4, -0.2) is 28.1 Å². The first kappa shape index (κ1) is 14.2. The summed E-state index contributed by atoms with van der Waals surface area (Å²) >= 11 is 0. The summed E-state index contributed by atoms with van der Waals surface area (Å²) in [6, 6.07) is 10.5. The topological polar surface area (TPSA) is 68.2 Å². The summed E-state index contributed by atoms with van der Waals surface area (Å²) in [6.07, 6.45) is 2.71. The van der Waals surface area contributed by atoms with Gasteiger partial charge in [0.25, 0.3) is 0 Å². The lowest BCUT2D eigenvalue weighted by Gasteiger charge is -2.38. The Morgan fingerprint density at radius 2 is 2.14 bits per heavy atom. The van der Waals surface area contributed by atoms with Crippen molar-refractivity contribution in [1.82, 2.24) is 15.0 Å². The number of nitrogens with two attached hydrogens (primary N) is 1. The lowest BCUT2D eigenvalue weighted by molar-refractivity contribution is 0.134. The van der Waals surface area contributed by atoms with E-state index in [1.807, 2.05) is 13.0 Å². The van der Waals surface area contributed by atoms with E-state index in [9.17, 15) is 0 Å². The summed E-state index contributed by atoms with van der Waals surface area (Å²) in [5.41, 5.74) is 7.38. The number of piperidine rings is 1. The molecule has 1 atom stereocenters. The monoisotopic (exact) mass is 286 g/mol. The van der Waals surface area contributed by atoms with Gasteiger partial charge in [0.15, 0.2) is 5.82 Å². The van der Waals surface area contributed by atoms with Crippen molar-refractivity contribution in [2.24, 2.45) is 5.73 Å².